The van der Waals surface area contributed by atoms with E-state index in [1.54, 1.807) is 24.4 Å². The van der Waals surface area contributed by atoms with Crippen LogP contribution in [0.3, 0.4) is 0 Å². The van der Waals surface area contributed by atoms with Crippen molar-refractivity contribution in [2.75, 3.05) is 6.54 Å². The summed E-state index contributed by atoms with van der Waals surface area (Å²) in [6.07, 6.45) is 2.31. The van der Waals surface area contributed by atoms with E-state index < -0.39 is 12.0 Å². The lowest BCUT2D eigenvalue weighted by molar-refractivity contribution is -0.143. The molecule has 0 bridgehead atoms. The standard InChI is InChI=1S/C15H13BrN2O3/c16-10-7-12(17-8-10)14(19)18-6-5-9-3-1-2-4-11(9)13(18)15(20)21/h1-4,7-8,13,17H,5-6H2,(H,20,21). The van der Waals surface area contributed by atoms with Gasteiger partial charge in [-0.25, -0.2) is 4.79 Å². The second-order valence-electron chi connectivity index (χ2n) is 4.92. The number of amides is 1. The average Bonchev–Trinajstić information content (AvgIpc) is 2.91. The van der Waals surface area contributed by atoms with Gasteiger partial charge in [0.2, 0.25) is 0 Å². The molecule has 108 valence electrons. The van der Waals surface area contributed by atoms with Gasteiger partial charge < -0.3 is 15.0 Å². The topological polar surface area (TPSA) is 73.4 Å². The molecular weight excluding hydrogens is 336 g/mol. The Bertz CT molecular complexity index is 710. The summed E-state index contributed by atoms with van der Waals surface area (Å²) in [5, 5.41) is 9.54. The number of aliphatic carboxylic acids is 1. The van der Waals surface area contributed by atoms with Crippen molar-refractivity contribution in [3.63, 3.8) is 0 Å². The van der Waals surface area contributed by atoms with Crippen molar-refractivity contribution in [3.05, 3.63) is 57.8 Å². The van der Waals surface area contributed by atoms with Gasteiger partial charge in [0.05, 0.1) is 0 Å². The number of carbonyl (C=O) groups is 2. The molecule has 0 radical (unpaired) electrons. The summed E-state index contributed by atoms with van der Waals surface area (Å²) < 4.78 is 0.759. The minimum atomic E-state index is -1.01. The van der Waals surface area contributed by atoms with Gasteiger partial charge in [0.1, 0.15) is 5.69 Å². The lowest BCUT2D eigenvalue weighted by Gasteiger charge is -2.34. The van der Waals surface area contributed by atoms with Gasteiger partial charge in [0, 0.05) is 17.2 Å². The van der Waals surface area contributed by atoms with Crippen LogP contribution in [0.1, 0.15) is 27.7 Å². The lowest BCUT2D eigenvalue weighted by Crippen LogP contribution is -2.43. The highest BCUT2D eigenvalue weighted by atomic mass is 79.9. The Morgan fingerprint density at radius 3 is 2.76 bits per heavy atom. The van der Waals surface area contributed by atoms with Gasteiger partial charge in [0.25, 0.3) is 5.91 Å². The van der Waals surface area contributed by atoms with E-state index in [0.29, 0.717) is 24.2 Å². The highest BCUT2D eigenvalue weighted by molar-refractivity contribution is 9.10. The molecule has 1 aromatic heterocycles. The van der Waals surface area contributed by atoms with E-state index in [1.165, 1.54) is 4.90 Å². The van der Waals surface area contributed by atoms with E-state index in [-0.39, 0.29) is 5.91 Å². The number of aromatic nitrogens is 1. The molecule has 0 saturated carbocycles. The molecule has 1 unspecified atom stereocenters. The van der Waals surface area contributed by atoms with E-state index in [4.69, 9.17) is 0 Å². The number of carboxylic acid groups (broad SMARTS) is 1. The molecular formula is C15H13BrN2O3. The van der Waals surface area contributed by atoms with Crippen LogP contribution in [0, 0.1) is 0 Å². The van der Waals surface area contributed by atoms with Gasteiger partial charge in [0.15, 0.2) is 6.04 Å². The van der Waals surface area contributed by atoms with E-state index in [0.717, 1.165) is 10.0 Å². The molecule has 2 N–H and O–H groups in total. The highest BCUT2D eigenvalue weighted by Gasteiger charge is 2.36. The molecule has 1 aliphatic rings. The second-order valence-corrected chi connectivity index (χ2v) is 5.84. The molecule has 0 fully saturated rings. The summed E-state index contributed by atoms with van der Waals surface area (Å²) in [6.45, 7) is 0.392. The summed E-state index contributed by atoms with van der Waals surface area (Å²) in [5.74, 6) is -1.32. The number of hydrogen-bond acceptors (Lipinski definition) is 2. The van der Waals surface area contributed by atoms with E-state index in [9.17, 15) is 14.7 Å². The van der Waals surface area contributed by atoms with Gasteiger partial charge in [-0.15, -0.1) is 0 Å². The van der Waals surface area contributed by atoms with Gasteiger partial charge in [-0.2, -0.15) is 0 Å². The van der Waals surface area contributed by atoms with Crippen LogP contribution in [0.2, 0.25) is 0 Å². The summed E-state index contributed by atoms with van der Waals surface area (Å²) in [6, 6.07) is 8.09. The quantitative estimate of drug-likeness (QED) is 0.875. The molecule has 21 heavy (non-hydrogen) atoms. The SMILES string of the molecule is O=C(O)C1c2ccccc2CCN1C(=O)c1cc(Br)c[nH]1. The number of carboxylic acids is 1. The minimum absolute atomic E-state index is 0.303. The number of rotatable bonds is 2. The van der Waals surface area contributed by atoms with Gasteiger partial charge in [-0.1, -0.05) is 24.3 Å². The molecule has 0 saturated heterocycles. The summed E-state index contributed by atoms with van der Waals surface area (Å²) in [7, 11) is 0. The number of aromatic amines is 1. The third-order valence-corrected chi connectivity index (χ3v) is 4.11. The predicted molar refractivity (Wildman–Crippen MR) is 80.1 cm³/mol. The van der Waals surface area contributed by atoms with Crippen LogP contribution in [-0.2, 0) is 11.2 Å². The number of hydrogen-bond donors (Lipinski definition) is 2. The van der Waals surface area contributed by atoms with Crippen LogP contribution in [0.4, 0.5) is 0 Å². The molecule has 3 rings (SSSR count). The molecule has 0 spiro atoms. The minimum Gasteiger partial charge on any atom is -0.479 e. The number of halogens is 1. The zero-order chi connectivity index (χ0) is 15.0. The average molecular weight is 349 g/mol. The Hall–Kier alpha value is -2.08. The monoisotopic (exact) mass is 348 g/mol. The predicted octanol–water partition coefficient (Wildman–Crippen LogP) is 2.60. The second kappa shape index (κ2) is 5.37. The van der Waals surface area contributed by atoms with Crippen molar-refractivity contribution >= 4 is 27.8 Å². The molecule has 2 aromatic rings. The molecule has 1 atom stereocenters. The zero-order valence-electron chi connectivity index (χ0n) is 11.0. The largest absolute Gasteiger partial charge is 0.479 e. The van der Waals surface area contributed by atoms with Crippen molar-refractivity contribution < 1.29 is 14.7 Å². The van der Waals surface area contributed by atoms with E-state index >= 15 is 0 Å². The van der Waals surface area contributed by atoms with Crippen LogP contribution < -0.4 is 0 Å². The molecule has 6 heteroatoms. The van der Waals surface area contributed by atoms with E-state index in [1.807, 2.05) is 12.1 Å². The van der Waals surface area contributed by atoms with Crippen molar-refractivity contribution in [2.45, 2.75) is 12.5 Å². The Labute approximate surface area is 129 Å². The summed E-state index contributed by atoms with van der Waals surface area (Å²) >= 11 is 3.28. The Kier molecular flexibility index (Phi) is 3.55. The number of carbonyl (C=O) groups excluding carboxylic acids is 1. The first-order chi connectivity index (χ1) is 10.1. The normalized spacial score (nSPS) is 17.4. The molecule has 5 nitrogen and oxygen atoms in total. The Morgan fingerprint density at radius 1 is 1.33 bits per heavy atom. The summed E-state index contributed by atoms with van der Waals surface area (Å²) in [5.41, 5.74) is 2.06. The van der Waals surface area contributed by atoms with Crippen molar-refractivity contribution in [2.24, 2.45) is 0 Å². The molecule has 0 aliphatic carbocycles. The molecule has 1 aliphatic heterocycles. The maximum atomic E-state index is 12.5. The fourth-order valence-corrected chi connectivity index (χ4v) is 3.04. The van der Waals surface area contributed by atoms with Crippen LogP contribution >= 0.6 is 15.9 Å². The highest BCUT2D eigenvalue weighted by Crippen LogP contribution is 2.31. The number of benzene rings is 1. The number of nitrogens with one attached hydrogen (secondary N) is 1. The fourth-order valence-electron chi connectivity index (χ4n) is 2.70. The third kappa shape index (κ3) is 2.47. The number of H-pyrrole nitrogens is 1. The fraction of sp³-hybridized carbons (Fsp3) is 0.200. The van der Waals surface area contributed by atoms with E-state index in [2.05, 4.69) is 20.9 Å². The maximum absolute atomic E-state index is 12.5. The van der Waals surface area contributed by atoms with Gasteiger partial charge >= 0.3 is 5.97 Å². The summed E-state index contributed by atoms with van der Waals surface area (Å²) in [4.78, 5) is 28.5. The zero-order valence-corrected chi connectivity index (χ0v) is 12.6. The third-order valence-electron chi connectivity index (χ3n) is 3.66. The van der Waals surface area contributed by atoms with Crippen molar-refractivity contribution in [1.82, 2.24) is 9.88 Å². The molecule has 1 aromatic carbocycles. The van der Waals surface area contributed by atoms with Crippen LogP contribution in [0.5, 0.6) is 0 Å². The van der Waals surface area contributed by atoms with Gasteiger partial charge in [-0.05, 0) is 39.5 Å². The lowest BCUT2D eigenvalue weighted by atomic mass is 9.92. The Morgan fingerprint density at radius 2 is 2.10 bits per heavy atom. The van der Waals surface area contributed by atoms with Crippen molar-refractivity contribution in [1.29, 1.82) is 0 Å². The first-order valence-electron chi connectivity index (χ1n) is 6.53. The maximum Gasteiger partial charge on any atom is 0.331 e. The van der Waals surface area contributed by atoms with Crippen molar-refractivity contribution in [3.8, 4) is 0 Å². The van der Waals surface area contributed by atoms with Gasteiger partial charge in [-0.3, -0.25) is 4.79 Å². The first-order valence-corrected chi connectivity index (χ1v) is 7.32. The Balaban J connectivity index is 1.99. The number of nitrogens with zero attached hydrogens (tertiary/aromatic N) is 1. The smallest absolute Gasteiger partial charge is 0.331 e. The first kappa shape index (κ1) is 13.9. The van der Waals surface area contributed by atoms with Crippen LogP contribution in [0.25, 0.3) is 0 Å². The van der Waals surface area contributed by atoms with Crippen LogP contribution in [0.15, 0.2) is 41.0 Å². The molecule has 1 amide bonds. The van der Waals surface area contributed by atoms with Crippen LogP contribution in [-0.4, -0.2) is 33.4 Å². The number of fused-ring (bicyclic) bond motifs is 1. The molecule has 2 heterocycles.